The van der Waals surface area contributed by atoms with Crippen LogP contribution in [0.2, 0.25) is 0 Å². The SMILES string of the molecule is NC1C(=O)Nc2cc(Sc3ncn[nH]3)c(Br)cc21. The second kappa shape index (κ2) is 4.38. The van der Waals surface area contributed by atoms with Gasteiger partial charge in [-0.3, -0.25) is 9.89 Å². The molecule has 0 fully saturated rings. The topological polar surface area (TPSA) is 96.7 Å². The first-order chi connectivity index (χ1) is 8.65. The second-order valence-corrected chi connectivity index (χ2v) is 5.61. The molecule has 1 atom stereocenters. The second-order valence-electron chi connectivity index (χ2n) is 3.73. The Bertz CT molecular complexity index is 615. The maximum Gasteiger partial charge on any atom is 0.245 e. The Morgan fingerprint density at radius 2 is 2.28 bits per heavy atom. The first-order valence-corrected chi connectivity index (χ1v) is 6.69. The number of aromatic amines is 1. The molecule has 1 unspecified atom stereocenters. The summed E-state index contributed by atoms with van der Waals surface area (Å²) >= 11 is 4.89. The van der Waals surface area contributed by atoms with Crippen LogP contribution in [0.1, 0.15) is 11.6 Å². The summed E-state index contributed by atoms with van der Waals surface area (Å²) in [5.41, 5.74) is 7.32. The van der Waals surface area contributed by atoms with Gasteiger partial charge in [0.1, 0.15) is 12.4 Å². The van der Waals surface area contributed by atoms with Crippen LogP contribution in [0.15, 0.2) is 33.0 Å². The van der Waals surface area contributed by atoms with Crippen molar-refractivity contribution < 1.29 is 4.79 Å². The average molecular weight is 326 g/mol. The van der Waals surface area contributed by atoms with E-state index < -0.39 is 6.04 Å². The van der Waals surface area contributed by atoms with Gasteiger partial charge in [-0.05, 0) is 39.8 Å². The highest BCUT2D eigenvalue weighted by Crippen LogP contribution is 2.39. The van der Waals surface area contributed by atoms with Gasteiger partial charge in [0.15, 0.2) is 5.16 Å². The summed E-state index contributed by atoms with van der Waals surface area (Å²) in [4.78, 5) is 16.5. The summed E-state index contributed by atoms with van der Waals surface area (Å²) < 4.78 is 0.870. The number of amides is 1. The standard InChI is InChI=1S/C10H8BrN5OS/c11-5-1-4-6(15-9(17)8(4)12)2-7(5)18-10-13-3-14-16-10/h1-3,8H,12H2,(H,15,17)(H,13,14,16). The fourth-order valence-electron chi connectivity index (χ4n) is 1.71. The molecule has 2 aromatic rings. The maximum absolute atomic E-state index is 11.5. The zero-order valence-electron chi connectivity index (χ0n) is 8.98. The van der Waals surface area contributed by atoms with Crippen molar-refractivity contribution in [2.45, 2.75) is 16.1 Å². The third-order valence-corrected chi connectivity index (χ3v) is 4.45. The molecule has 2 heterocycles. The Morgan fingerprint density at radius 1 is 1.44 bits per heavy atom. The molecular weight excluding hydrogens is 318 g/mol. The molecule has 0 saturated heterocycles. The van der Waals surface area contributed by atoms with E-state index in [0.717, 1.165) is 20.6 Å². The van der Waals surface area contributed by atoms with Crippen molar-refractivity contribution in [1.29, 1.82) is 0 Å². The van der Waals surface area contributed by atoms with Gasteiger partial charge < -0.3 is 11.1 Å². The molecule has 1 aromatic carbocycles. The number of carbonyl (C=O) groups excluding carboxylic acids is 1. The van der Waals surface area contributed by atoms with Crippen molar-refractivity contribution >= 4 is 39.3 Å². The Balaban J connectivity index is 1.98. The lowest BCUT2D eigenvalue weighted by Crippen LogP contribution is -2.19. The van der Waals surface area contributed by atoms with Crippen LogP contribution in [0.4, 0.5) is 5.69 Å². The van der Waals surface area contributed by atoms with Gasteiger partial charge in [0.2, 0.25) is 5.91 Å². The lowest BCUT2D eigenvalue weighted by molar-refractivity contribution is -0.116. The van der Waals surface area contributed by atoms with E-state index in [-0.39, 0.29) is 5.91 Å². The zero-order chi connectivity index (χ0) is 12.7. The van der Waals surface area contributed by atoms with E-state index in [9.17, 15) is 4.79 Å². The van der Waals surface area contributed by atoms with Crippen LogP contribution in [0, 0.1) is 0 Å². The molecule has 1 aliphatic rings. The van der Waals surface area contributed by atoms with E-state index in [4.69, 9.17) is 5.73 Å². The molecule has 0 bridgehead atoms. The van der Waals surface area contributed by atoms with Gasteiger partial charge in [-0.2, -0.15) is 5.10 Å². The van der Waals surface area contributed by atoms with Crippen LogP contribution in [0.25, 0.3) is 0 Å². The van der Waals surface area contributed by atoms with Gasteiger partial charge in [-0.15, -0.1) is 0 Å². The minimum Gasteiger partial charge on any atom is -0.324 e. The van der Waals surface area contributed by atoms with Crippen molar-refractivity contribution in [3.63, 3.8) is 0 Å². The Labute approximate surface area is 115 Å². The largest absolute Gasteiger partial charge is 0.324 e. The Morgan fingerprint density at radius 3 is 3.00 bits per heavy atom. The molecule has 1 amide bonds. The maximum atomic E-state index is 11.5. The number of nitrogens with two attached hydrogens (primary N) is 1. The fraction of sp³-hybridized carbons (Fsp3) is 0.100. The third-order valence-electron chi connectivity index (χ3n) is 2.58. The number of aromatic nitrogens is 3. The van der Waals surface area contributed by atoms with Crippen LogP contribution in [-0.4, -0.2) is 21.1 Å². The number of carbonyl (C=O) groups is 1. The summed E-state index contributed by atoms with van der Waals surface area (Å²) in [6.45, 7) is 0. The summed E-state index contributed by atoms with van der Waals surface area (Å²) in [7, 11) is 0. The van der Waals surface area contributed by atoms with Gasteiger partial charge in [-0.1, -0.05) is 0 Å². The highest BCUT2D eigenvalue weighted by Gasteiger charge is 2.28. The van der Waals surface area contributed by atoms with E-state index >= 15 is 0 Å². The number of anilines is 1. The molecule has 4 N–H and O–H groups in total. The van der Waals surface area contributed by atoms with Gasteiger partial charge >= 0.3 is 0 Å². The molecular formula is C10H8BrN5OS. The zero-order valence-corrected chi connectivity index (χ0v) is 11.4. The molecule has 6 nitrogen and oxygen atoms in total. The lowest BCUT2D eigenvalue weighted by atomic mass is 10.1. The first-order valence-electron chi connectivity index (χ1n) is 5.08. The number of H-pyrrole nitrogens is 1. The molecule has 0 saturated carbocycles. The highest BCUT2D eigenvalue weighted by molar-refractivity contribution is 9.10. The normalized spacial score (nSPS) is 17.7. The third kappa shape index (κ3) is 1.92. The average Bonchev–Trinajstić information content (AvgIpc) is 2.92. The molecule has 1 aromatic heterocycles. The smallest absolute Gasteiger partial charge is 0.245 e. The highest BCUT2D eigenvalue weighted by atomic mass is 79.9. The molecule has 18 heavy (non-hydrogen) atoms. The molecule has 0 spiro atoms. The summed E-state index contributed by atoms with van der Waals surface area (Å²) in [6, 6.07) is 3.13. The van der Waals surface area contributed by atoms with Crippen molar-refractivity contribution in [3.05, 3.63) is 28.5 Å². The first kappa shape index (κ1) is 11.7. The van der Waals surface area contributed by atoms with Crippen molar-refractivity contribution in [2.24, 2.45) is 5.73 Å². The molecule has 0 radical (unpaired) electrons. The van der Waals surface area contributed by atoms with E-state index in [1.54, 1.807) is 0 Å². The van der Waals surface area contributed by atoms with Gasteiger partial charge in [0.25, 0.3) is 0 Å². The van der Waals surface area contributed by atoms with E-state index in [1.165, 1.54) is 18.1 Å². The number of hydrogen-bond donors (Lipinski definition) is 3. The lowest BCUT2D eigenvalue weighted by Gasteiger charge is -2.06. The number of rotatable bonds is 2. The number of nitrogens with zero attached hydrogens (tertiary/aromatic N) is 2. The van der Waals surface area contributed by atoms with Crippen molar-refractivity contribution in [2.75, 3.05) is 5.32 Å². The Hall–Kier alpha value is -1.38. The predicted octanol–water partition coefficient (Wildman–Crippen LogP) is 1.67. The quantitative estimate of drug-likeness (QED) is 0.780. The number of benzene rings is 1. The minimum atomic E-state index is -0.597. The van der Waals surface area contributed by atoms with Crippen molar-refractivity contribution in [1.82, 2.24) is 15.2 Å². The minimum absolute atomic E-state index is 0.182. The molecule has 0 aliphatic carbocycles. The van der Waals surface area contributed by atoms with Crippen LogP contribution >= 0.6 is 27.7 Å². The molecule has 8 heteroatoms. The molecule has 1 aliphatic heterocycles. The number of nitrogens with one attached hydrogen (secondary N) is 2. The summed E-state index contributed by atoms with van der Waals surface area (Å²) in [5, 5.41) is 9.98. The van der Waals surface area contributed by atoms with Gasteiger partial charge in [-0.25, -0.2) is 4.98 Å². The van der Waals surface area contributed by atoms with Crippen molar-refractivity contribution in [3.8, 4) is 0 Å². The van der Waals surface area contributed by atoms with E-state index in [2.05, 4.69) is 36.4 Å². The predicted molar refractivity (Wildman–Crippen MR) is 70.2 cm³/mol. The number of fused-ring (bicyclic) bond motifs is 1. The van der Waals surface area contributed by atoms with Gasteiger partial charge in [0.05, 0.1) is 0 Å². The van der Waals surface area contributed by atoms with E-state index in [0.29, 0.717) is 5.16 Å². The van der Waals surface area contributed by atoms with Gasteiger partial charge in [0, 0.05) is 20.6 Å². The van der Waals surface area contributed by atoms with E-state index in [1.807, 2.05) is 12.1 Å². The van der Waals surface area contributed by atoms with Crippen LogP contribution in [-0.2, 0) is 4.79 Å². The monoisotopic (exact) mass is 325 g/mol. The fourth-order valence-corrected chi connectivity index (χ4v) is 3.06. The summed E-state index contributed by atoms with van der Waals surface area (Å²) in [5.74, 6) is -0.182. The number of hydrogen-bond acceptors (Lipinski definition) is 5. The Kier molecular flexibility index (Phi) is 2.84. The molecule has 3 rings (SSSR count). The molecule has 92 valence electrons. The van der Waals surface area contributed by atoms with Crippen LogP contribution in [0.3, 0.4) is 0 Å². The van der Waals surface area contributed by atoms with Crippen LogP contribution in [0.5, 0.6) is 0 Å². The van der Waals surface area contributed by atoms with Crippen LogP contribution < -0.4 is 11.1 Å². The number of halogens is 1. The summed E-state index contributed by atoms with van der Waals surface area (Å²) in [6.07, 6.45) is 1.45.